The Balaban J connectivity index is 1.68. The lowest BCUT2D eigenvalue weighted by Crippen LogP contribution is -2.33. The summed E-state index contributed by atoms with van der Waals surface area (Å²) in [4.78, 5) is 2.61. The van der Waals surface area contributed by atoms with Crippen molar-refractivity contribution in [1.82, 2.24) is 4.90 Å². The van der Waals surface area contributed by atoms with Crippen LogP contribution in [0.1, 0.15) is 30.9 Å². The summed E-state index contributed by atoms with van der Waals surface area (Å²) >= 11 is 0. The van der Waals surface area contributed by atoms with E-state index in [1.165, 1.54) is 49.2 Å². The molecule has 0 aliphatic carbocycles. The Labute approximate surface area is 104 Å². The molecule has 1 atom stereocenters. The van der Waals surface area contributed by atoms with Gasteiger partial charge in [0.25, 0.3) is 0 Å². The molecule has 92 valence electrons. The smallest absolute Gasteiger partial charge is 0.0373 e. The van der Waals surface area contributed by atoms with Crippen LogP contribution in [0.2, 0.25) is 0 Å². The lowest BCUT2D eigenvalue weighted by molar-refractivity contribution is 0.176. The van der Waals surface area contributed by atoms with E-state index >= 15 is 0 Å². The molecule has 2 heterocycles. The molecular weight excluding hydrogens is 208 g/mol. The molecule has 2 heteroatoms. The fraction of sp³-hybridized carbons (Fsp3) is 0.600. The van der Waals surface area contributed by atoms with Crippen molar-refractivity contribution < 1.29 is 0 Å². The van der Waals surface area contributed by atoms with Crippen molar-refractivity contribution in [1.29, 1.82) is 0 Å². The number of hydrogen-bond acceptors (Lipinski definition) is 2. The second-order valence-corrected chi connectivity index (χ2v) is 5.65. The molecule has 1 aromatic carbocycles. The number of rotatable bonds is 2. The standard InChI is InChI=1S/C15H22N2/c1-12-3-2-8-17(10-12)11-13-4-5-15-14(9-13)6-7-16-15/h4-5,9,12,16H,2-3,6-8,10-11H2,1H3. The second-order valence-electron chi connectivity index (χ2n) is 5.65. The van der Waals surface area contributed by atoms with Gasteiger partial charge in [-0.05, 0) is 48.9 Å². The van der Waals surface area contributed by atoms with E-state index in [1.54, 1.807) is 0 Å². The summed E-state index contributed by atoms with van der Waals surface area (Å²) in [5.41, 5.74) is 4.34. The van der Waals surface area contributed by atoms with E-state index in [9.17, 15) is 0 Å². The van der Waals surface area contributed by atoms with Crippen molar-refractivity contribution in [3.8, 4) is 0 Å². The zero-order valence-corrected chi connectivity index (χ0v) is 10.7. The first-order valence-electron chi connectivity index (χ1n) is 6.89. The molecule has 1 fully saturated rings. The molecule has 1 N–H and O–H groups in total. The van der Waals surface area contributed by atoms with Gasteiger partial charge < -0.3 is 5.32 Å². The van der Waals surface area contributed by atoms with E-state index in [-0.39, 0.29) is 0 Å². The third kappa shape index (κ3) is 2.47. The summed E-state index contributed by atoms with van der Waals surface area (Å²) < 4.78 is 0. The van der Waals surface area contributed by atoms with Crippen molar-refractivity contribution >= 4 is 5.69 Å². The van der Waals surface area contributed by atoms with Crippen molar-refractivity contribution in [2.24, 2.45) is 5.92 Å². The molecular formula is C15H22N2. The quantitative estimate of drug-likeness (QED) is 0.840. The zero-order chi connectivity index (χ0) is 11.7. The maximum absolute atomic E-state index is 3.42. The molecule has 17 heavy (non-hydrogen) atoms. The average molecular weight is 230 g/mol. The largest absolute Gasteiger partial charge is 0.384 e. The van der Waals surface area contributed by atoms with Crippen molar-refractivity contribution in [2.45, 2.75) is 32.7 Å². The predicted octanol–water partition coefficient (Wildman–Crippen LogP) is 2.89. The Hall–Kier alpha value is -1.02. The van der Waals surface area contributed by atoms with E-state index in [4.69, 9.17) is 0 Å². The molecule has 0 spiro atoms. The molecule has 0 bridgehead atoms. The van der Waals surface area contributed by atoms with Gasteiger partial charge >= 0.3 is 0 Å². The minimum atomic E-state index is 0.875. The van der Waals surface area contributed by atoms with Gasteiger partial charge in [-0.2, -0.15) is 0 Å². The summed E-state index contributed by atoms with van der Waals surface area (Å²) in [6.45, 7) is 7.17. The minimum Gasteiger partial charge on any atom is -0.384 e. The Morgan fingerprint density at radius 3 is 3.24 bits per heavy atom. The van der Waals surface area contributed by atoms with Gasteiger partial charge in [0.15, 0.2) is 0 Å². The first-order valence-corrected chi connectivity index (χ1v) is 6.89. The van der Waals surface area contributed by atoms with Crippen LogP contribution < -0.4 is 5.32 Å². The first kappa shape index (κ1) is 11.1. The molecule has 2 aliphatic rings. The third-order valence-electron chi connectivity index (χ3n) is 4.03. The topological polar surface area (TPSA) is 15.3 Å². The number of anilines is 1. The molecule has 0 amide bonds. The lowest BCUT2D eigenvalue weighted by Gasteiger charge is -2.30. The highest BCUT2D eigenvalue weighted by atomic mass is 15.1. The van der Waals surface area contributed by atoms with Gasteiger partial charge in [0, 0.05) is 25.3 Å². The third-order valence-corrected chi connectivity index (χ3v) is 4.03. The molecule has 0 saturated carbocycles. The Bertz CT molecular complexity index is 400. The van der Waals surface area contributed by atoms with Crippen LogP contribution in [-0.2, 0) is 13.0 Å². The normalized spacial score (nSPS) is 24.4. The molecule has 1 unspecified atom stereocenters. The van der Waals surface area contributed by atoms with Crippen LogP contribution in [0.15, 0.2) is 18.2 Å². The van der Waals surface area contributed by atoms with Crippen molar-refractivity contribution in [3.63, 3.8) is 0 Å². The summed E-state index contributed by atoms with van der Waals surface area (Å²) in [5.74, 6) is 0.875. The van der Waals surface area contributed by atoms with Crippen LogP contribution in [0.5, 0.6) is 0 Å². The lowest BCUT2D eigenvalue weighted by atomic mass is 9.99. The number of piperidine rings is 1. The van der Waals surface area contributed by atoms with Crippen molar-refractivity contribution in [3.05, 3.63) is 29.3 Å². The number of nitrogens with zero attached hydrogens (tertiary/aromatic N) is 1. The van der Waals surface area contributed by atoms with Crippen LogP contribution in [0.4, 0.5) is 5.69 Å². The maximum Gasteiger partial charge on any atom is 0.0373 e. The summed E-state index contributed by atoms with van der Waals surface area (Å²) in [5, 5.41) is 3.42. The highest BCUT2D eigenvalue weighted by molar-refractivity contribution is 5.56. The van der Waals surface area contributed by atoms with Gasteiger partial charge in [-0.25, -0.2) is 0 Å². The van der Waals surface area contributed by atoms with E-state index in [2.05, 4.69) is 35.3 Å². The van der Waals surface area contributed by atoms with E-state index in [0.717, 1.165) is 19.0 Å². The summed E-state index contributed by atoms with van der Waals surface area (Å²) in [7, 11) is 0. The Morgan fingerprint density at radius 1 is 1.41 bits per heavy atom. The second kappa shape index (κ2) is 4.69. The summed E-state index contributed by atoms with van der Waals surface area (Å²) in [6, 6.07) is 6.94. The number of nitrogens with one attached hydrogen (secondary N) is 1. The van der Waals surface area contributed by atoms with E-state index in [1.807, 2.05) is 0 Å². The van der Waals surface area contributed by atoms with Gasteiger partial charge in [0.1, 0.15) is 0 Å². The van der Waals surface area contributed by atoms with Gasteiger partial charge in [-0.1, -0.05) is 19.1 Å². The van der Waals surface area contributed by atoms with Gasteiger partial charge in [0.2, 0.25) is 0 Å². The Morgan fingerprint density at radius 2 is 2.35 bits per heavy atom. The number of likely N-dealkylation sites (tertiary alicyclic amines) is 1. The SMILES string of the molecule is CC1CCCN(Cc2ccc3c(c2)CCN3)C1. The monoisotopic (exact) mass is 230 g/mol. The van der Waals surface area contributed by atoms with E-state index < -0.39 is 0 Å². The van der Waals surface area contributed by atoms with Crippen LogP contribution in [0, 0.1) is 5.92 Å². The number of hydrogen-bond donors (Lipinski definition) is 1. The Kier molecular flexibility index (Phi) is 3.06. The van der Waals surface area contributed by atoms with Crippen LogP contribution in [0.3, 0.4) is 0 Å². The molecule has 1 saturated heterocycles. The highest BCUT2D eigenvalue weighted by Crippen LogP contribution is 2.24. The fourth-order valence-electron chi connectivity index (χ4n) is 3.15. The molecule has 0 aromatic heterocycles. The minimum absolute atomic E-state index is 0.875. The fourth-order valence-corrected chi connectivity index (χ4v) is 3.15. The van der Waals surface area contributed by atoms with Gasteiger partial charge in [-0.15, -0.1) is 0 Å². The molecule has 1 aromatic rings. The first-order chi connectivity index (χ1) is 8.31. The van der Waals surface area contributed by atoms with Crippen molar-refractivity contribution in [2.75, 3.05) is 25.0 Å². The molecule has 0 radical (unpaired) electrons. The van der Waals surface area contributed by atoms with Crippen LogP contribution in [-0.4, -0.2) is 24.5 Å². The zero-order valence-electron chi connectivity index (χ0n) is 10.7. The van der Waals surface area contributed by atoms with Gasteiger partial charge in [-0.3, -0.25) is 4.90 Å². The molecule has 2 aliphatic heterocycles. The average Bonchev–Trinajstić information content (AvgIpc) is 2.76. The van der Waals surface area contributed by atoms with Crippen LogP contribution >= 0.6 is 0 Å². The number of benzene rings is 1. The molecule has 3 rings (SSSR count). The van der Waals surface area contributed by atoms with Crippen LogP contribution in [0.25, 0.3) is 0 Å². The van der Waals surface area contributed by atoms with E-state index in [0.29, 0.717) is 0 Å². The number of fused-ring (bicyclic) bond motifs is 1. The molecule has 2 nitrogen and oxygen atoms in total. The predicted molar refractivity (Wildman–Crippen MR) is 72.3 cm³/mol. The maximum atomic E-state index is 3.42. The highest BCUT2D eigenvalue weighted by Gasteiger charge is 2.17. The summed E-state index contributed by atoms with van der Waals surface area (Å²) in [6.07, 6.45) is 3.97. The van der Waals surface area contributed by atoms with Gasteiger partial charge in [0.05, 0.1) is 0 Å².